The van der Waals surface area contributed by atoms with Crippen LogP contribution in [0.4, 0.5) is 11.4 Å². The second-order valence-electron chi connectivity index (χ2n) is 4.22. The Bertz CT molecular complexity index is 669. The minimum absolute atomic E-state index is 0.0516. The summed E-state index contributed by atoms with van der Waals surface area (Å²) in [5.74, 6) is -0.328. The number of rotatable bonds is 3. The molecule has 0 spiro atoms. The minimum atomic E-state index is -0.509. The Balaban J connectivity index is 2.17. The van der Waals surface area contributed by atoms with Gasteiger partial charge in [-0.05, 0) is 42.8 Å². The van der Waals surface area contributed by atoms with Crippen LogP contribution in [0, 0.1) is 17.0 Å². The number of carbonyl (C=O) groups excluding carboxylic acids is 1. The first-order valence-corrected chi connectivity index (χ1v) is 6.17. The van der Waals surface area contributed by atoms with Crippen molar-refractivity contribution in [3.63, 3.8) is 0 Å². The zero-order valence-electron chi connectivity index (χ0n) is 10.6. The average Bonchev–Trinajstić information content (AvgIpc) is 2.42. The van der Waals surface area contributed by atoms with Crippen molar-refractivity contribution < 1.29 is 9.72 Å². The highest BCUT2D eigenvalue weighted by Gasteiger charge is 2.10. The van der Waals surface area contributed by atoms with E-state index in [2.05, 4.69) is 5.32 Å². The summed E-state index contributed by atoms with van der Waals surface area (Å²) >= 11 is 5.84. The van der Waals surface area contributed by atoms with E-state index in [1.54, 1.807) is 18.2 Å². The number of hydrogen-bond donors (Lipinski definition) is 1. The van der Waals surface area contributed by atoms with E-state index < -0.39 is 4.92 Å². The lowest BCUT2D eigenvalue weighted by Crippen LogP contribution is -2.12. The smallest absolute Gasteiger partial charge is 0.269 e. The van der Waals surface area contributed by atoms with Gasteiger partial charge in [0.1, 0.15) is 0 Å². The molecule has 0 radical (unpaired) electrons. The summed E-state index contributed by atoms with van der Waals surface area (Å²) in [6, 6.07) is 10.6. The zero-order valence-corrected chi connectivity index (χ0v) is 11.3. The Morgan fingerprint density at radius 1 is 1.20 bits per heavy atom. The largest absolute Gasteiger partial charge is 0.322 e. The van der Waals surface area contributed by atoms with Crippen molar-refractivity contribution in [2.45, 2.75) is 6.92 Å². The molecule has 2 aromatic carbocycles. The first-order valence-electron chi connectivity index (χ1n) is 5.79. The Kier molecular flexibility index (Phi) is 4.00. The van der Waals surface area contributed by atoms with Crippen LogP contribution in [-0.4, -0.2) is 10.8 Å². The van der Waals surface area contributed by atoms with Crippen molar-refractivity contribution in [3.8, 4) is 0 Å². The predicted molar refractivity (Wildman–Crippen MR) is 77.2 cm³/mol. The minimum Gasteiger partial charge on any atom is -0.322 e. The van der Waals surface area contributed by atoms with Crippen LogP contribution in [0.15, 0.2) is 42.5 Å². The van der Waals surface area contributed by atoms with Crippen LogP contribution in [0.5, 0.6) is 0 Å². The monoisotopic (exact) mass is 290 g/mol. The van der Waals surface area contributed by atoms with Crippen LogP contribution in [0.2, 0.25) is 5.02 Å². The number of nitrogens with one attached hydrogen (secondary N) is 1. The molecule has 0 aliphatic heterocycles. The zero-order chi connectivity index (χ0) is 14.7. The summed E-state index contributed by atoms with van der Waals surface area (Å²) in [5.41, 5.74) is 1.79. The van der Waals surface area contributed by atoms with Crippen LogP contribution in [-0.2, 0) is 0 Å². The molecule has 102 valence electrons. The van der Waals surface area contributed by atoms with Gasteiger partial charge in [0.05, 0.1) is 4.92 Å². The third-order valence-corrected chi connectivity index (χ3v) is 3.01. The van der Waals surface area contributed by atoms with Gasteiger partial charge >= 0.3 is 0 Å². The third kappa shape index (κ3) is 3.13. The first kappa shape index (κ1) is 14.0. The SMILES string of the molecule is Cc1cc(Cl)ccc1NC(=O)c1ccc([N+](=O)[O-])cc1. The summed E-state index contributed by atoms with van der Waals surface area (Å²) < 4.78 is 0. The maximum Gasteiger partial charge on any atom is 0.269 e. The van der Waals surface area contributed by atoms with Crippen molar-refractivity contribution in [2.75, 3.05) is 5.32 Å². The van der Waals surface area contributed by atoms with Crippen LogP contribution < -0.4 is 5.32 Å². The molecule has 0 atom stereocenters. The highest BCUT2D eigenvalue weighted by atomic mass is 35.5. The van der Waals surface area contributed by atoms with E-state index in [0.717, 1.165) is 5.56 Å². The molecule has 1 N–H and O–H groups in total. The Morgan fingerprint density at radius 3 is 2.40 bits per heavy atom. The number of hydrogen-bond acceptors (Lipinski definition) is 3. The maximum atomic E-state index is 12.0. The molecule has 0 bridgehead atoms. The molecular weight excluding hydrogens is 280 g/mol. The van der Waals surface area contributed by atoms with E-state index in [1.165, 1.54) is 24.3 Å². The van der Waals surface area contributed by atoms with Gasteiger partial charge in [-0.3, -0.25) is 14.9 Å². The van der Waals surface area contributed by atoms with Crippen molar-refractivity contribution in [1.29, 1.82) is 0 Å². The molecule has 5 nitrogen and oxygen atoms in total. The summed E-state index contributed by atoms with van der Waals surface area (Å²) in [4.78, 5) is 22.1. The molecule has 0 aromatic heterocycles. The van der Waals surface area contributed by atoms with Crippen LogP contribution in [0.25, 0.3) is 0 Å². The molecule has 0 saturated carbocycles. The van der Waals surface area contributed by atoms with E-state index in [-0.39, 0.29) is 11.6 Å². The number of carbonyl (C=O) groups is 1. The summed E-state index contributed by atoms with van der Waals surface area (Å²) in [6.45, 7) is 1.83. The van der Waals surface area contributed by atoms with E-state index >= 15 is 0 Å². The summed E-state index contributed by atoms with van der Waals surface area (Å²) in [5, 5.41) is 13.9. The molecule has 0 aliphatic rings. The molecule has 20 heavy (non-hydrogen) atoms. The second kappa shape index (κ2) is 5.71. The first-order chi connectivity index (χ1) is 9.47. The van der Waals surface area contributed by atoms with Gasteiger partial charge in [-0.15, -0.1) is 0 Å². The lowest BCUT2D eigenvalue weighted by molar-refractivity contribution is -0.384. The number of halogens is 1. The summed E-state index contributed by atoms with van der Waals surface area (Å²) in [7, 11) is 0. The van der Waals surface area contributed by atoms with Crippen molar-refractivity contribution >= 4 is 28.9 Å². The second-order valence-corrected chi connectivity index (χ2v) is 4.65. The predicted octanol–water partition coefficient (Wildman–Crippen LogP) is 3.81. The number of non-ortho nitro benzene ring substituents is 1. The van der Waals surface area contributed by atoms with Gasteiger partial charge in [0.15, 0.2) is 0 Å². The van der Waals surface area contributed by atoms with Crippen molar-refractivity contribution in [3.05, 3.63) is 68.7 Å². The van der Waals surface area contributed by atoms with Gasteiger partial charge in [0.2, 0.25) is 0 Å². The third-order valence-electron chi connectivity index (χ3n) is 2.78. The van der Waals surface area contributed by atoms with Gasteiger partial charge in [0, 0.05) is 28.4 Å². The van der Waals surface area contributed by atoms with E-state index in [4.69, 9.17) is 11.6 Å². The van der Waals surface area contributed by atoms with E-state index in [9.17, 15) is 14.9 Å². The van der Waals surface area contributed by atoms with Crippen LogP contribution in [0.1, 0.15) is 15.9 Å². The van der Waals surface area contributed by atoms with Gasteiger partial charge in [-0.2, -0.15) is 0 Å². The Hall–Kier alpha value is -2.40. The molecule has 1 amide bonds. The fraction of sp³-hybridized carbons (Fsp3) is 0.0714. The van der Waals surface area contributed by atoms with Gasteiger partial charge in [0.25, 0.3) is 11.6 Å². The fourth-order valence-corrected chi connectivity index (χ4v) is 1.92. The number of nitro groups is 1. The Labute approximate surface area is 120 Å². The molecule has 2 aromatic rings. The highest BCUT2D eigenvalue weighted by Crippen LogP contribution is 2.20. The lowest BCUT2D eigenvalue weighted by atomic mass is 10.1. The van der Waals surface area contributed by atoms with Crippen LogP contribution in [0.3, 0.4) is 0 Å². The quantitative estimate of drug-likeness (QED) is 0.690. The molecule has 0 heterocycles. The van der Waals surface area contributed by atoms with Gasteiger partial charge < -0.3 is 5.32 Å². The van der Waals surface area contributed by atoms with Crippen LogP contribution >= 0.6 is 11.6 Å². The maximum absolute atomic E-state index is 12.0. The number of anilines is 1. The summed E-state index contributed by atoms with van der Waals surface area (Å²) in [6.07, 6.45) is 0. The van der Waals surface area contributed by atoms with E-state index in [0.29, 0.717) is 16.3 Å². The number of aryl methyl sites for hydroxylation is 1. The average molecular weight is 291 g/mol. The molecular formula is C14H11ClN2O3. The van der Waals surface area contributed by atoms with Crippen molar-refractivity contribution in [2.24, 2.45) is 0 Å². The molecule has 0 fully saturated rings. The molecule has 0 aliphatic carbocycles. The molecule has 0 unspecified atom stereocenters. The normalized spacial score (nSPS) is 10.1. The fourth-order valence-electron chi connectivity index (χ4n) is 1.70. The molecule has 6 heteroatoms. The standard InChI is InChI=1S/C14H11ClN2O3/c1-9-8-11(15)4-7-13(9)16-14(18)10-2-5-12(6-3-10)17(19)20/h2-8H,1H3,(H,16,18). The number of amides is 1. The number of nitrogens with zero attached hydrogens (tertiary/aromatic N) is 1. The molecule has 2 rings (SSSR count). The van der Waals surface area contributed by atoms with Gasteiger partial charge in [-0.1, -0.05) is 11.6 Å². The van der Waals surface area contributed by atoms with E-state index in [1.807, 2.05) is 6.92 Å². The number of nitro benzene ring substituents is 1. The molecule has 0 saturated heterocycles. The highest BCUT2D eigenvalue weighted by molar-refractivity contribution is 6.30. The number of benzene rings is 2. The van der Waals surface area contributed by atoms with Crippen molar-refractivity contribution in [1.82, 2.24) is 0 Å². The topological polar surface area (TPSA) is 72.2 Å². The Morgan fingerprint density at radius 2 is 1.85 bits per heavy atom. The lowest BCUT2D eigenvalue weighted by Gasteiger charge is -2.08. The van der Waals surface area contributed by atoms with Gasteiger partial charge in [-0.25, -0.2) is 0 Å².